The highest BCUT2D eigenvalue weighted by Gasteiger charge is 2.01. The first-order valence-corrected chi connectivity index (χ1v) is 4.44. The van der Waals surface area contributed by atoms with E-state index < -0.39 is 0 Å². The van der Waals surface area contributed by atoms with Crippen molar-refractivity contribution in [2.75, 3.05) is 0 Å². The number of nitrogens with one attached hydrogen (secondary N) is 1. The second-order valence-electron chi connectivity index (χ2n) is 2.87. The molecule has 2 rings (SSSR count). The molecule has 1 heterocycles. The maximum atomic E-state index is 6.05. The van der Waals surface area contributed by atoms with Gasteiger partial charge in [0.25, 0.3) is 0 Å². The number of rotatable bonds is 1. The molecule has 0 unspecified atom stereocenters. The molecule has 0 saturated carbocycles. The van der Waals surface area contributed by atoms with E-state index in [1.165, 1.54) is 10.9 Å². The van der Waals surface area contributed by atoms with Gasteiger partial charge in [0.1, 0.15) is 0 Å². The van der Waals surface area contributed by atoms with Gasteiger partial charge >= 0.3 is 0 Å². The molecule has 0 aliphatic carbocycles. The number of aromatic nitrogens is 1. The molecule has 1 aromatic heterocycles. The third-order valence-corrected chi connectivity index (χ3v) is 2.38. The van der Waals surface area contributed by atoms with Gasteiger partial charge in [-0.25, -0.2) is 0 Å². The highest BCUT2D eigenvalue weighted by molar-refractivity contribution is 6.35. The molecule has 0 spiro atoms. The monoisotopic (exact) mass is 179 g/mol. The Labute approximate surface area is 76.4 Å². The summed E-state index contributed by atoms with van der Waals surface area (Å²) in [5.41, 5.74) is 2.32. The summed E-state index contributed by atoms with van der Waals surface area (Å²) in [6.07, 6.45) is 2.94. The van der Waals surface area contributed by atoms with E-state index in [1.54, 1.807) is 0 Å². The van der Waals surface area contributed by atoms with Crippen LogP contribution in [0.15, 0.2) is 24.4 Å². The lowest BCUT2D eigenvalue weighted by atomic mass is 10.1. The summed E-state index contributed by atoms with van der Waals surface area (Å²) in [5, 5.41) is 2.01. The molecular formula is C10H10ClN. The summed E-state index contributed by atoms with van der Waals surface area (Å²) in [7, 11) is 0. The van der Waals surface area contributed by atoms with Crippen LogP contribution in [0, 0.1) is 0 Å². The fourth-order valence-corrected chi connectivity index (χ4v) is 1.69. The first-order chi connectivity index (χ1) is 5.81. The number of aryl methyl sites for hydroxylation is 1. The first kappa shape index (κ1) is 7.69. The molecular weight excluding hydrogens is 170 g/mol. The lowest BCUT2D eigenvalue weighted by Gasteiger charge is -1.98. The molecule has 0 saturated heterocycles. The van der Waals surface area contributed by atoms with Crippen molar-refractivity contribution >= 4 is 22.5 Å². The molecule has 2 heteroatoms. The Morgan fingerprint density at radius 2 is 2.25 bits per heavy atom. The number of halogens is 1. The van der Waals surface area contributed by atoms with Gasteiger partial charge in [0.05, 0.1) is 10.5 Å². The standard InChI is InChI=1S/C10H10ClN/c1-2-7-5-8-3-4-12-10(8)9(11)6-7/h3-6,12H,2H2,1H3. The van der Waals surface area contributed by atoms with Gasteiger partial charge in [-0.1, -0.05) is 18.5 Å². The maximum absolute atomic E-state index is 6.05. The largest absolute Gasteiger partial charge is 0.360 e. The maximum Gasteiger partial charge on any atom is 0.0649 e. The summed E-state index contributed by atoms with van der Waals surface area (Å²) in [6.45, 7) is 2.13. The van der Waals surface area contributed by atoms with Gasteiger partial charge in [0, 0.05) is 11.6 Å². The molecule has 0 bridgehead atoms. The zero-order chi connectivity index (χ0) is 8.55. The molecule has 0 radical (unpaired) electrons. The number of H-pyrrole nitrogens is 1. The van der Waals surface area contributed by atoms with Crippen LogP contribution in [0.25, 0.3) is 10.9 Å². The van der Waals surface area contributed by atoms with Crippen LogP contribution in [0.4, 0.5) is 0 Å². The Morgan fingerprint density at radius 3 is 3.00 bits per heavy atom. The Kier molecular flexibility index (Phi) is 1.81. The third kappa shape index (κ3) is 1.10. The molecule has 1 N–H and O–H groups in total. The Hall–Kier alpha value is -0.950. The normalized spacial score (nSPS) is 10.8. The van der Waals surface area contributed by atoms with Crippen LogP contribution in [-0.2, 0) is 6.42 Å². The number of fused-ring (bicyclic) bond motifs is 1. The minimum Gasteiger partial charge on any atom is -0.360 e. The van der Waals surface area contributed by atoms with E-state index in [1.807, 2.05) is 18.3 Å². The fourth-order valence-electron chi connectivity index (χ4n) is 1.39. The van der Waals surface area contributed by atoms with Crippen LogP contribution in [0.1, 0.15) is 12.5 Å². The van der Waals surface area contributed by atoms with Gasteiger partial charge < -0.3 is 4.98 Å². The van der Waals surface area contributed by atoms with E-state index in [2.05, 4.69) is 18.0 Å². The van der Waals surface area contributed by atoms with Crippen LogP contribution in [-0.4, -0.2) is 4.98 Å². The lowest BCUT2D eigenvalue weighted by molar-refractivity contribution is 1.15. The molecule has 1 nitrogen and oxygen atoms in total. The van der Waals surface area contributed by atoms with Gasteiger partial charge in [-0.05, 0) is 30.2 Å². The molecule has 0 aliphatic rings. The molecule has 0 fully saturated rings. The Balaban J connectivity index is 2.75. The van der Waals surface area contributed by atoms with E-state index in [0.717, 1.165) is 17.0 Å². The Morgan fingerprint density at radius 1 is 1.42 bits per heavy atom. The predicted molar refractivity (Wildman–Crippen MR) is 52.7 cm³/mol. The lowest BCUT2D eigenvalue weighted by Crippen LogP contribution is -1.80. The second kappa shape index (κ2) is 2.83. The van der Waals surface area contributed by atoms with Crippen LogP contribution < -0.4 is 0 Å². The van der Waals surface area contributed by atoms with Gasteiger partial charge in [0.2, 0.25) is 0 Å². The van der Waals surface area contributed by atoms with Crippen molar-refractivity contribution in [3.8, 4) is 0 Å². The van der Waals surface area contributed by atoms with E-state index in [9.17, 15) is 0 Å². The summed E-state index contributed by atoms with van der Waals surface area (Å²) in [6, 6.07) is 6.22. The molecule has 0 aliphatic heterocycles. The number of hydrogen-bond acceptors (Lipinski definition) is 0. The van der Waals surface area contributed by atoms with Crippen molar-refractivity contribution in [3.05, 3.63) is 35.0 Å². The average Bonchev–Trinajstić information content (AvgIpc) is 2.52. The molecule has 1 aromatic carbocycles. The summed E-state index contributed by atoms with van der Waals surface area (Å²) in [5.74, 6) is 0. The SMILES string of the molecule is CCc1cc(Cl)c2[nH]ccc2c1. The quantitative estimate of drug-likeness (QED) is 0.691. The van der Waals surface area contributed by atoms with Gasteiger partial charge in [-0.2, -0.15) is 0 Å². The van der Waals surface area contributed by atoms with Gasteiger partial charge in [-0.15, -0.1) is 0 Å². The molecule has 0 amide bonds. The van der Waals surface area contributed by atoms with Crippen LogP contribution >= 0.6 is 11.6 Å². The number of benzene rings is 1. The smallest absolute Gasteiger partial charge is 0.0649 e. The number of aromatic amines is 1. The third-order valence-electron chi connectivity index (χ3n) is 2.08. The van der Waals surface area contributed by atoms with Crippen molar-refractivity contribution in [1.29, 1.82) is 0 Å². The minimum atomic E-state index is 0.814. The van der Waals surface area contributed by atoms with Crippen molar-refractivity contribution in [2.24, 2.45) is 0 Å². The summed E-state index contributed by atoms with van der Waals surface area (Å²) >= 11 is 6.05. The molecule has 2 aromatic rings. The summed E-state index contributed by atoms with van der Waals surface area (Å²) < 4.78 is 0. The molecule has 12 heavy (non-hydrogen) atoms. The van der Waals surface area contributed by atoms with Crippen molar-refractivity contribution < 1.29 is 0 Å². The highest BCUT2D eigenvalue weighted by atomic mass is 35.5. The van der Waals surface area contributed by atoms with E-state index >= 15 is 0 Å². The van der Waals surface area contributed by atoms with Gasteiger partial charge in [0.15, 0.2) is 0 Å². The van der Waals surface area contributed by atoms with E-state index in [4.69, 9.17) is 11.6 Å². The molecule has 62 valence electrons. The highest BCUT2D eigenvalue weighted by Crippen LogP contribution is 2.24. The predicted octanol–water partition coefficient (Wildman–Crippen LogP) is 3.38. The zero-order valence-corrected chi connectivity index (χ0v) is 7.65. The summed E-state index contributed by atoms with van der Waals surface area (Å²) in [4.78, 5) is 3.11. The van der Waals surface area contributed by atoms with E-state index in [0.29, 0.717) is 0 Å². The zero-order valence-electron chi connectivity index (χ0n) is 6.89. The van der Waals surface area contributed by atoms with Gasteiger partial charge in [-0.3, -0.25) is 0 Å². The second-order valence-corrected chi connectivity index (χ2v) is 3.28. The van der Waals surface area contributed by atoms with Crippen LogP contribution in [0.5, 0.6) is 0 Å². The Bertz CT molecular complexity index is 403. The van der Waals surface area contributed by atoms with Crippen LogP contribution in [0.3, 0.4) is 0 Å². The average molecular weight is 180 g/mol. The van der Waals surface area contributed by atoms with E-state index in [-0.39, 0.29) is 0 Å². The fraction of sp³-hybridized carbons (Fsp3) is 0.200. The molecule has 0 atom stereocenters. The first-order valence-electron chi connectivity index (χ1n) is 4.07. The minimum absolute atomic E-state index is 0.814. The van der Waals surface area contributed by atoms with Crippen LogP contribution in [0.2, 0.25) is 5.02 Å². The topological polar surface area (TPSA) is 15.8 Å². The number of hydrogen-bond donors (Lipinski definition) is 1. The van der Waals surface area contributed by atoms with Crippen molar-refractivity contribution in [1.82, 2.24) is 4.98 Å². The van der Waals surface area contributed by atoms with Crippen molar-refractivity contribution in [3.63, 3.8) is 0 Å². The van der Waals surface area contributed by atoms with Crippen molar-refractivity contribution in [2.45, 2.75) is 13.3 Å².